The highest BCUT2D eigenvalue weighted by atomic mass is 16.5. The zero-order chi connectivity index (χ0) is 28.3. The van der Waals surface area contributed by atoms with Gasteiger partial charge in [0.15, 0.2) is 0 Å². The molecule has 5 aromatic carbocycles. The van der Waals surface area contributed by atoms with Gasteiger partial charge in [-0.2, -0.15) is 0 Å². The summed E-state index contributed by atoms with van der Waals surface area (Å²) in [5, 5.41) is 9.06. The molecule has 0 aliphatic carbocycles. The Morgan fingerprint density at radius 2 is 1.02 bits per heavy atom. The lowest BCUT2D eigenvalue weighted by Gasteiger charge is -2.13. The Bertz CT molecular complexity index is 1570. The summed E-state index contributed by atoms with van der Waals surface area (Å²) >= 11 is 0. The van der Waals surface area contributed by atoms with Crippen molar-refractivity contribution in [3.8, 4) is 11.5 Å². The molecule has 0 aliphatic rings. The Labute approximate surface area is 238 Å². The van der Waals surface area contributed by atoms with Crippen LogP contribution in [0.15, 0.2) is 133 Å². The van der Waals surface area contributed by atoms with Gasteiger partial charge in [0.05, 0.1) is 11.3 Å². The molecular weight excluding hydrogens is 514 g/mol. The molecule has 5 rings (SSSR count). The molecule has 0 atom stereocenters. The van der Waals surface area contributed by atoms with Crippen molar-refractivity contribution in [2.45, 2.75) is 0 Å². The summed E-state index contributed by atoms with van der Waals surface area (Å²) in [7, 11) is 0. The highest BCUT2D eigenvalue weighted by Gasteiger charge is 2.15. The molecule has 0 spiro atoms. The average molecular weight is 544 g/mol. The molecule has 0 bridgehead atoms. The van der Waals surface area contributed by atoms with E-state index in [2.05, 4.69) is 16.0 Å². The summed E-state index contributed by atoms with van der Waals surface area (Å²) in [5.74, 6) is 0.751. The molecule has 0 aromatic heterocycles. The van der Waals surface area contributed by atoms with Gasteiger partial charge in [-0.05, 0) is 84.9 Å². The van der Waals surface area contributed by atoms with E-state index < -0.39 is 0 Å². The summed E-state index contributed by atoms with van der Waals surface area (Å²) < 4.78 is 11.3. The summed E-state index contributed by atoms with van der Waals surface area (Å²) in [4.78, 5) is 26.0. The van der Waals surface area contributed by atoms with Crippen LogP contribution < -0.4 is 25.4 Å². The van der Waals surface area contributed by atoms with Gasteiger partial charge in [0.1, 0.15) is 24.7 Å². The normalized spacial score (nSPS) is 10.3. The topological polar surface area (TPSA) is 88.7 Å². The minimum atomic E-state index is -0.333. The quantitative estimate of drug-likeness (QED) is 0.151. The van der Waals surface area contributed by atoms with Crippen molar-refractivity contribution in [2.75, 3.05) is 29.2 Å². The lowest BCUT2D eigenvalue weighted by Crippen LogP contribution is -2.18. The number of ether oxygens (including phenoxy) is 2. The molecule has 41 heavy (non-hydrogen) atoms. The lowest BCUT2D eigenvalue weighted by molar-refractivity contribution is 0.102. The number of nitrogens with one attached hydrogen (secondary N) is 3. The number of anilines is 4. The Morgan fingerprint density at radius 1 is 0.488 bits per heavy atom. The van der Waals surface area contributed by atoms with Crippen LogP contribution in [0.4, 0.5) is 22.7 Å². The number of benzene rings is 5. The standard InChI is InChI=1S/C34H29N3O4/c38-33(25-15-21-30(22-16-25)41-24-23-40-29-11-5-2-6-12-29)37-32-14-8-7-13-31(32)34(39)36-28-19-17-27(18-20-28)35-26-9-3-1-4-10-26/h1-22,35H,23-24H2,(H,36,39)(H,37,38). The first-order chi connectivity index (χ1) is 20.1. The van der Waals surface area contributed by atoms with Gasteiger partial charge in [0.25, 0.3) is 11.8 Å². The summed E-state index contributed by atoms with van der Waals surface area (Å²) in [6.07, 6.45) is 0. The van der Waals surface area contributed by atoms with E-state index in [1.165, 1.54) is 0 Å². The van der Waals surface area contributed by atoms with Crippen LogP contribution in [0.3, 0.4) is 0 Å². The number of hydrogen-bond acceptors (Lipinski definition) is 5. The molecule has 7 heteroatoms. The van der Waals surface area contributed by atoms with E-state index in [1.807, 2.05) is 84.9 Å². The third-order valence-corrected chi connectivity index (χ3v) is 6.11. The fourth-order valence-corrected chi connectivity index (χ4v) is 4.05. The number of carbonyl (C=O) groups excluding carboxylic acids is 2. The highest BCUT2D eigenvalue weighted by Crippen LogP contribution is 2.22. The zero-order valence-electron chi connectivity index (χ0n) is 22.2. The molecule has 7 nitrogen and oxygen atoms in total. The van der Waals surface area contributed by atoms with Crippen molar-refractivity contribution < 1.29 is 19.1 Å². The van der Waals surface area contributed by atoms with E-state index in [0.29, 0.717) is 41.5 Å². The number of rotatable bonds is 11. The predicted octanol–water partition coefficient (Wildman–Crippen LogP) is 7.39. The van der Waals surface area contributed by atoms with E-state index >= 15 is 0 Å². The predicted molar refractivity (Wildman–Crippen MR) is 162 cm³/mol. The lowest BCUT2D eigenvalue weighted by atomic mass is 10.1. The Balaban J connectivity index is 1.15. The summed E-state index contributed by atoms with van der Waals surface area (Å²) in [5.41, 5.74) is 3.72. The smallest absolute Gasteiger partial charge is 0.257 e. The number of hydrogen-bond donors (Lipinski definition) is 3. The van der Waals surface area contributed by atoms with Crippen LogP contribution in [0.2, 0.25) is 0 Å². The Morgan fingerprint density at radius 3 is 1.71 bits per heavy atom. The molecule has 0 radical (unpaired) electrons. The first kappa shape index (κ1) is 27.0. The minimum absolute atomic E-state index is 0.328. The van der Waals surface area contributed by atoms with Crippen molar-refractivity contribution in [3.05, 3.63) is 145 Å². The van der Waals surface area contributed by atoms with Gasteiger partial charge in [-0.3, -0.25) is 9.59 Å². The van der Waals surface area contributed by atoms with Gasteiger partial charge in [0.2, 0.25) is 0 Å². The highest BCUT2D eigenvalue weighted by molar-refractivity contribution is 6.12. The Kier molecular flexibility index (Phi) is 8.89. The first-order valence-electron chi connectivity index (χ1n) is 13.2. The maximum atomic E-state index is 13.1. The second-order valence-corrected chi connectivity index (χ2v) is 9.06. The second kappa shape index (κ2) is 13.5. The first-order valence-corrected chi connectivity index (χ1v) is 13.2. The average Bonchev–Trinajstić information content (AvgIpc) is 3.02. The molecule has 0 saturated carbocycles. The Hall–Kier alpha value is -5.56. The number of para-hydroxylation sites is 3. The van der Waals surface area contributed by atoms with Gasteiger partial charge in [-0.25, -0.2) is 0 Å². The summed E-state index contributed by atoms with van der Waals surface area (Å²) in [6, 6.07) is 40.5. The van der Waals surface area contributed by atoms with Crippen LogP contribution in [0.1, 0.15) is 20.7 Å². The third-order valence-electron chi connectivity index (χ3n) is 6.11. The monoisotopic (exact) mass is 543 g/mol. The summed E-state index contributed by atoms with van der Waals surface area (Å²) in [6.45, 7) is 0.773. The second-order valence-electron chi connectivity index (χ2n) is 9.06. The van der Waals surface area contributed by atoms with Crippen molar-refractivity contribution >= 4 is 34.6 Å². The van der Waals surface area contributed by atoms with E-state index in [9.17, 15) is 9.59 Å². The van der Waals surface area contributed by atoms with E-state index in [1.54, 1.807) is 48.5 Å². The van der Waals surface area contributed by atoms with Crippen molar-refractivity contribution in [1.29, 1.82) is 0 Å². The van der Waals surface area contributed by atoms with E-state index in [4.69, 9.17) is 9.47 Å². The van der Waals surface area contributed by atoms with Crippen LogP contribution in [-0.2, 0) is 0 Å². The number of amides is 2. The SMILES string of the molecule is O=C(Nc1ccccc1C(=O)Nc1ccc(Nc2ccccc2)cc1)c1ccc(OCCOc2ccccc2)cc1. The van der Waals surface area contributed by atoms with Crippen molar-refractivity contribution in [1.82, 2.24) is 0 Å². The van der Waals surface area contributed by atoms with Crippen LogP contribution in [0.25, 0.3) is 0 Å². The van der Waals surface area contributed by atoms with Crippen LogP contribution >= 0.6 is 0 Å². The molecule has 0 aliphatic heterocycles. The van der Waals surface area contributed by atoms with Crippen molar-refractivity contribution in [3.63, 3.8) is 0 Å². The molecule has 0 unspecified atom stereocenters. The zero-order valence-corrected chi connectivity index (χ0v) is 22.2. The molecule has 3 N–H and O–H groups in total. The van der Waals surface area contributed by atoms with E-state index in [0.717, 1.165) is 17.1 Å². The fraction of sp³-hybridized carbons (Fsp3) is 0.0588. The molecule has 204 valence electrons. The van der Waals surface area contributed by atoms with Crippen LogP contribution in [-0.4, -0.2) is 25.0 Å². The van der Waals surface area contributed by atoms with Gasteiger partial charge in [0, 0.05) is 22.6 Å². The van der Waals surface area contributed by atoms with E-state index in [-0.39, 0.29) is 11.8 Å². The fourth-order valence-electron chi connectivity index (χ4n) is 4.05. The maximum Gasteiger partial charge on any atom is 0.257 e. The van der Waals surface area contributed by atoms with Gasteiger partial charge >= 0.3 is 0 Å². The number of carbonyl (C=O) groups is 2. The molecular formula is C34H29N3O4. The molecule has 0 fully saturated rings. The minimum Gasteiger partial charge on any atom is -0.490 e. The van der Waals surface area contributed by atoms with Gasteiger partial charge in [-0.15, -0.1) is 0 Å². The van der Waals surface area contributed by atoms with Gasteiger partial charge < -0.3 is 25.4 Å². The molecule has 0 heterocycles. The van der Waals surface area contributed by atoms with Crippen LogP contribution in [0, 0.1) is 0 Å². The van der Waals surface area contributed by atoms with Gasteiger partial charge in [-0.1, -0.05) is 48.5 Å². The third kappa shape index (κ3) is 7.74. The van der Waals surface area contributed by atoms with Crippen molar-refractivity contribution in [2.24, 2.45) is 0 Å². The maximum absolute atomic E-state index is 13.1. The molecule has 5 aromatic rings. The molecule has 0 saturated heterocycles. The molecule has 2 amide bonds. The van der Waals surface area contributed by atoms with Crippen LogP contribution in [0.5, 0.6) is 11.5 Å². The largest absolute Gasteiger partial charge is 0.490 e.